The Morgan fingerprint density at radius 1 is 0.706 bits per heavy atom. The largest absolute Gasteiger partial charge is 2.00 e. The van der Waals surface area contributed by atoms with Crippen molar-refractivity contribution in [2.75, 3.05) is 13.1 Å². The third kappa shape index (κ3) is 7.65. The van der Waals surface area contributed by atoms with Crippen LogP contribution in [0.5, 0.6) is 0 Å². The van der Waals surface area contributed by atoms with E-state index in [-0.39, 0.29) is 17.1 Å². The molecular weight excluding hydrogens is 264 g/mol. The second-order valence-corrected chi connectivity index (χ2v) is 3.31. The Bertz CT molecular complexity index is 314. The van der Waals surface area contributed by atoms with E-state index in [0.717, 1.165) is 0 Å². The summed E-state index contributed by atoms with van der Waals surface area (Å²) in [6.45, 7) is 7.91. The van der Waals surface area contributed by atoms with Crippen molar-refractivity contribution in [2.24, 2.45) is 20.3 Å². The summed E-state index contributed by atoms with van der Waals surface area (Å²) in [4.78, 5) is 8.34. The van der Waals surface area contributed by atoms with Gasteiger partial charge in [0.05, 0.1) is 35.9 Å². The molecule has 0 heterocycles. The SMILES string of the molecule is CC(=NCCN=C(C)/C(C)=N\O)/C(C)=N\O.[Fe+2]. The minimum Gasteiger partial charge on any atom is -0.411 e. The predicted molar refractivity (Wildman–Crippen MR) is 65.7 cm³/mol. The van der Waals surface area contributed by atoms with Crippen LogP contribution in [0.3, 0.4) is 0 Å². The van der Waals surface area contributed by atoms with Crippen molar-refractivity contribution < 1.29 is 27.5 Å². The van der Waals surface area contributed by atoms with Gasteiger partial charge in [-0.2, -0.15) is 0 Å². The van der Waals surface area contributed by atoms with Crippen LogP contribution in [-0.2, 0) is 17.1 Å². The Kier molecular flexibility index (Phi) is 10.7. The first-order chi connectivity index (χ1) is 7.52. The van der Waals surface area contributed by atoms with Gasteiger partial charge in [-0.05, 0) is 27.7 Å². The summed E-state index contributed by atoms with van der Waals surface area (Å²) in [7, 11) is 0. The van der Waals surface area contributed by atoms with Gasteiger partial charge >= 0.3 is 17.1 Å². The van der Waals surface area contributed by atoms with Gasteiger partial charge in [-0.3, -0.25) is 9.98 Å². The summed E-state index contributed by atoms with van der Waals surface area (Å²) in [5.41, 5.74) is 2.36. The van der Waals surface area contributed by atoms with E-state index < -0.39 is 0 Å². The first-order valence-electron chi connectivity index (χ1n) is 4.93. The van der Waals surface area contributed by atoms with E-state index >= 15 is 0 Å². The molecule has 0 amide bonds. The molecule has 2 N–H and O–H groups in total. The average Bonchev–Trinajstić information content (AvgIpc) is 2.31. The fourth-order valence-corrected chi connectivity index (χ4v) is 0.809. The van der Waals surface area contributed by atoms with Crippen molar-refractivity contribution in [3.8, 4) is 0 Å². The van der Waals surface area contributed by atoms with Crippen LogP contribution < -0.4 is 0 Å². The molecule has 17 heavy (non-hydrogen) atoms. The number of nitrogens with zero attached hydrogens (tertiary/aromatic N) is 4. The van der Waals surface area contributed by atoms with Gasteiger partial charge in [0.1, 0.15) is 0 Å². The quantitative estimate of drug-likeness (QED) is 0.264. The molecule has 7 heteroatoms. The van der Waals surface area contributed by atoms with Crippen LogP contribution in [0.4, 0.5) is 0 Å². The zero-order valence-corrected chi connectivity index (χ0v) is 11.6. The molecule has 0 radical (unpaired) electrons. The zero-order valence-electron chi connectivity index (χ0n) is 10.5. The molecule has 0 aliphatic heterocycles. The minimum atomic E-state index is 0. The molecule has 0 aromatic rings. The third-order valence-electron chi connectivity index (χ3n) is 2.15. The van der Waals surface area contributed by atoms with Gasteiger partial charge in [0, 0.05) is 0 Å². The van der Waals surface area contributed by atoms with Crippen LogP contribution in [0.2, 0.25) is 0 Å². The molecule has 0 aromatic carbocycles. The summed E-state index contributed by atoms with van der Waals surface area (Å²) in [5.74, 6) is 0. The van der Waals surface area contributed by atoms with Gasteiger partial charge < -0.3 is 10.4 Å². The molecule has 0 spiro atoms. The van der Waals surface area contributed by atoms with E-state index in [0.29, 0.717) is 35.9 Å². The molecule has 0 atom stereocenters. The van der Waals surface area contributed by atoms with E-state index in [4.69, 9.17) is 10.4 Å². The van der Waals surface area contributed by atoms with Crippen LogP contribution in [0.1, 0.15) is 27.7 Å². The Morgan fingerprint density at radius 2 is 1.00 bits per heavy atom. The first kappa shape index (κ1) is 18.2. The molecule has 0 aliphatic carbocycles. The van der Waals surface area contributed by atoms with Crippen LogP contribution >= 0.6 is 0 Å². The van der Waals surface area contributed by atoms with Crippen molar-refractivity contribution in [3.05, 3.63) is 0 Å². The average molecular weight is 282 g/mol. The Labute approximate surface area is 112 Å². The van der Waals surface area contributed by atoms with Gasteiger partial charge in [0.15, 0.2) is 0 Å². The van der Waals surface area contributed by atoms with Crippen LogP contribution in [0, 0.1) is 0 Å². The molecule has 0 rings (SSSR count). The molecular formula is C10H18FeN4O2+2. The van der Waals surface area contributed by atoms with Gasteiger partial charge in [-0.1, -0.05) is 10.3 Å². The van der Waals surface area contributed by atoms with Gasteiger partial charge in [0.25, 0.3) is 0 Å². The number of oxime groups is 2. The van der Waals surface area contributed by atoms with Gasteiger partial charge in [-0.25, -0.2) is 0 Å². The van der Waals surface area contributed by atoms with E-state index in [1.54, 1.807) is 27.7 Å². The smallest absolute Gasteiger partial charge is 0.411 e. The van der Waals surface area contributed by atoms with Crippen LogP contribution in [0.25, 0.3) is 0 Å². The fraction of sp³-hybridized carbons (Fsp3) is 0.600. The van der Waals surface area contributed by atoms with Crippen LogP contribution in [-0.4, -0.2) is 46.4 Å². The Hall–Kier alpha value is -1.20. The monoisotopic (exact) mass is 282 g/mol. The minimum absolute atomic E-state index is 0. The Morgan fingerprint density at radius 3 is 1.24 bits per heavy atom. The van der Waals surface area contributed by atoms with E-state index in [1.165, 1.54) is 0 Å². The van der Waals surface area contributed by atoms with Gasteiger partial charge in [0.2, 0.25) is 0 Å². The van der Waals surface area contributed by atoms with E-state index in [9.17, 15) is 0 Å². The molecule has 0 bridgehead atoms. The third-order valence-corrected chi connectivity index (χ3v) is 2.15. The summed E-state index contributed by atoms with van der Waals surface area (Å²) in [6.07, 6.45) is 0. The first-order valence-corrected chi connectivity index (χ1v) is 4.93. The van der Waals surface area contributed by atoms with E-state index in [2.05, 4.69) is 20.3 Å². The standard InChI is InChI=1S/C10H18N4O2.Fe/c1-7(9(3)13-15)11-5-6-12-8(2)10(4)14-16;/h15-16H,5-6H2,1-4H3;/q;+2/b11-7?,12-8?,13-9-,14-10-;. The zero-order chi connectivity index (χ0) is 12.6. The number of aliphatic imine (C=N–C) groups is 2. The van der Waals surface area contributed by atoms with Crippen molar-refractivity contribution >= 4 is 22.8 Å². The molecule has 0 fully saturated rings. The molecule has 0 aliphatic rings. The molecule has 6 nitrogen and oxygen atoms in total. The summed E-state index contributed by atoms with van der Waals surface area (Å²) in [5, 5.41) is 23.1. The summed E-state index contributed by atoms with van der Waals surface area (Å²) < 4.78 is 0. The van der Waals surface area contributed by atoms with E-state index in [1.807, 2.05) is 0 Å². The van der Waals surface area contributed by atoms with Crippen molar-refractivity contribution in [1.82, 2.24) is 0 Å². The normalized spacial score (nSPS) is 14.6. The van der Waals surface area contributed by atoms with Crippen molar-refractivity contribution in [3.63, 3.8) is 0 Å². The maximum absolute atomic E-state index is 8.49. The van der Waals surface area contributed by atoms with Gasteiger partial charge in [-0.15, -0.1) is 0 Å². The number of rotatable bonds is 5. The summed E-state index contributed by atoms with van der Waals surface area (Å²) >= 11 is 0. The molecule has 0 aromatic heterocycles. The topological polar surface area (TPSA) is 89.9 Å². The number of hydrogen-bond donors (Lipinski definition) is 2. The maximum Gasteiger partial charge on any atom is 2.00 e. The molecule has 0 saturated heterocycles. The Balaban J connectivity index is 0. The second-order valence-electron chi connectivity index (χ2n) is 3.31. The molecule has 96 valence electrons. The van der Waals surface area contributed by atoms with Crippen molar-refractivity contribution in [1.29, 1.82) is 0 Å². The second kappa shape index (κ2) is 9.99. The summed E-state index contributed by atoms with van der Waals surface area (Å²) in [6, 6.07) is 0. The molecule has 0 saturated carbocycles. The maximum atomic E-state index is 8.49. The molecule has 0 unspecified atom stereocenters. The van der Waals surface area contributed by atoms with Crippen molar-refractivity contribution in [2.45, 2.75) is 27.7 Å². The predicted octanol–water partition coefficient (Wildman–Crippen LogP) is 1.61. The number of hydrogen-bond acceptors (Lipinski definition) is 6. The van der Waals surface area contributed by atoms with Crippen LogP contribution in [0.15, 0.2) is 20.3 Å². The fourth-order valence-electron chi connectivity index (χ4n) is 0.809.